The van der Waals surface area contributed by atoms with Gasteiger partial charge in [0.1, 0.15) is 5.78 Å². The molecule has 3 heteroatoms. The minimum absolute atomic E-state index is 0.110. The van der Waals surface area contributed by atoms with Gasteiger partial charge in [-0.3, -0.25) is 14.4 Å². The highest BCUT2D eigenvalue weighted by atomic mass is 16.2. The summed E-state index contributed by atoms with van der Waals surface area (Å²) in [5.74, 6) is -0.430. The molecule has 0 radical (unpaired) electrons. The van der Waals surface area contributed by atoms with E-state index in [1.165, 1.54) is 0 Å². The minimum atomic E-state index is -0.541. The molecule has 0 unspecified atom stereocenters. The summed E-state index contributed by atoms with van der Waals surface area (Å²) in [5.41, 5.74) is 3.07. The molecule has 0 atom stereocenters. The summed E-state index contributed by atoms with van der Waals surface area (Å²) in [5, 5.41) is 0. The molecule has 0 aliphatic heterocycles. The molecule has 0 bridgehead atoms. The van der Waals surface area contributed by atoms with Crippen LogP contribution in [-0.2, 0) is 22.4 Å². The number of carbonyl (C=O) groups is 3. The van der Waals surface area contributed by atoms with Crippen molar-refractivity contribution in [1.82, 2.24) is 0 Å². The summed E-state index contributed by atoms with van der Waals surface area (Å²) in [6.45, 7) is 1.91. The molecule has 15 heavy (non-hydrogen) atoms. The van der Waals surface area contributed by atoms with Crippen LogP contribution in [-0.4, -0.2) is 17.9 Å². The van der Waals surface area contributed by atoms with E-state index < -0.39 is 5.78 Å². The molecule has 0 aromatic heterocycles. The number of aryl methyl sites for hydroxylation is 1. The first-order valence-corrected chi connectivity index (χ1v) is 4.76. The molecule has 0 heterocycles. The third-order valence-electron chi connectivity index (χ3n) is 2.79. The molecule has 1 aliphatic carbocycles. The zero-order chi connectivity index (χ0) is 11.0. The van der Waals surface area contributed by atoms with Crippen molar-refractivity contribution >= 4 is 17.9 Å². The van der Waals surface area contributed by atoms with E-state index in [0.29, 0.717) is 18.3 Å². The lowest BCUT2D eigenvalue weighted by atomic mass is 9.97. The molecule has 0 saturated heterocycles. The summed E-state index contributed by atoms with van der Waals surface area (Å²) in [4.78, 5) is 33.1. The Bertz CT molecular complexity index is 472. The van der Waals surface area contributed by atoms with E-state index in [9.17, 15) is 14.4 Å². The molecule has 0 N–H and O–H groups in total. The summed E-state index contributed by atoms with van der Waals surface area (Å²) in [6, 6.07) is 3.41. The van der Waals surface area contributed by atoms with Crippen molar-refractivity contribution in [1.29, 1.82) is 0 Å². The summed E-state index contributed by atoms with van der Waals surface area (Å²) < 4.78 is 0. The molecule has 1 aromatic rings. The number of benzene rings is 1. The molecule has 76 valence electrons. The maximum Gasteiger partial charge on any atom is 0.225 e. The minimum Gasteiger partial charge on any atom is -0.299 e. The van der Waals surface area contributed by atoms with Gasteiger partial charge < -0.3 is 0 Å². The topological polar surface area (TPSA) is 51.2 Å². The number of hydrogen-bond acceptors (Lipinski definition) is 3. The van der Waals surface area contributed by atoms with Gasteiger partial charge in [0.25, 0.3) is 0 Å². The Kier molecular flexibility index (Phi) is 2.23. The highest BCUT2D eigenvalue weighted by Crippen LogP contribution is 2.26. The Morgan fingerprint density at radius 1 is 1.27 bits per heavy atom. The molecule has 0 fully saturated rings. The summed E-state index contributed by atoms with van der Waals surface area (Å²) in [7, 11) is 0. The van der Waals surface area contributed by atoms with Gasteiger partial charge in [-0.25, -0.2) is 0 Å². The Labute approximate surface area is 87.1 Å². The van der Waals surface area contributed by atoms with Gasteiger partial charge >= 0.3 is 0 Å². The van der Waals surface area contributed by atoms with Crippen LogP contribution in [0.25, 0.3) is 0 Å². The zero-order valence-corrected chi connectivity index (χ0v) is 8.37. The van der Waals surface area contributed by atoms with Crippen molar-refractivity contribution in [2.45, 2.75) is 19.8 Å². The van der Waals surface area contributed by atoms with Crippen molar-refractivity contribution in [2.24, 2.45) is 0 Å². The Morgan fingerprint density at radius 2 is 1.93 bits per heavy atom. The van der Waals surface area contributed by atoms with Gasteiger partial charge in [-0.1, -0.05) is 12.1 Å². The van der Waals surface area contributed by atoms with Crippen LogP contribution in [0.3, 0.4) is 0 Å². The van der Waals surface area contributed by atoms with Crippen molar-refractivity contribution < 1.29 is 14.4 Å². The van der Waals surface area contributed by atoms with Crippen LogP contribution in [0.15, 0.2) is 12.1 Å². The van der Waals surface area contributed by atoms with E-state index in [4.69, 9.17) is 0 Å². The van der Waals surface area contributed by atoms with Crippen LogP contribution in [0.4, 0.5) is 0 Å². The maximum absolute atomic E-state index is 11.3. The highest BCUT2D eigenvalue weighted by molar-refractivity contribution is 6.34. The third-order valence-corrected chi connectivity index (χ3v) is 2.79. The second-order valence-corrected chi connectivity index (χ2v) is 3.76. The number of aldehydes is 1. The molecule has 0 amide bonds. The molecule has 2 rings (SSSR count). The fourth-order valence-electron chi connectivity index (χ4n) is 2.01. The zero-order valence-electron chi connectivity index (χ0n) is 8.37. The average Bonchev–Trinajstić information content (AvgIpc) is 2.60. The molecule has 3 nitrogen and oxygen atoms in total. The van der Waals surface area contributed by atoms with Gasteiger partial charge in [0.15, 0.2) is 6.29 Å². The standard InChI is InChI=1S/C12H10O3/c1-7-2-3-9(12(15)6-13)11-5-8(14)4-10(7)11/h2-3,6H,4-5H2,1H3. The number of fused-ring (bicyclic) bond motifs is 1. The fourth-order valence-corrected chi connectivity index (χ4v) is 2.01. The first-order chi connectivity index (χ1) is 7.13. The first-order valence-electron chi connectivity index (χ1n) is 4.76. The molecule has 1 aromatic carbocycles. The van der Waals surface area contributed by atoms with Crippen LogP contribution in [0.2, 0.25) is 0 Å². The number of carbonyl (C=O) groups excluding carboxylic acids is 3. The SMILES string of the molecule is Cc1ccc(C(=O)C=O)c2c1CC(=O)C2. The fraction of sp³-hybridized carbons (Fsp3) is 0.250. The van der Waals surface area contributed by atoms with Crippen LogP contribution in [0.5, 0.6) is 0 Å². The third kappa shape index (κ3) is 1.50. The largest absolute Gasteiger partial charge is 0.299 e. The second kappa shape index (κ2) is 3.42. The lowest BCUT2D eigenvalue weighted by molar-refractivity contribution is -0.117. The van der Waals surface area contributed by atoms with Crippen LogP contribution < -0.4 is 0 Å². The lowest BCUT2D eigenvalue weighted by Gasteiger charge is -2.06. The molecule has 0 saturated carbocycles. The number of rotatable bonds is 2. The van der Waals surface area contributed by atoms with E-state index in [2.05, 4.69) is 0 Å². The smallest absolute Gasteiger partial charge is 0.225 e. The van der Waals surface area contributed by atoms with Gasteiger partial charge in [-0.2, -0.15) is 0 Å². The molecule has 1 aliphatic rings. The highest BCUT2D eigenvalue weighted by Gasteiger charge is 2.25. The van der Waals surface area contributed by atoms with Gasteiger partial charge in [0.05, 0.1) is 0 Å². The van der Waals surface area contributed by atoms with Crippen LogP contribution >= 0.6 is 0 Å². The Balaban J connectivity index is 2.61. The van der Waals surface area contributed by atoms with E-state index in [0.717, 1.165) is 16.7 Å². The van der Waals surface area contributed by atoms with Gasteiger partial charge in [0, 0.05) is 18.4 Å². The van der Waals surface area contributed by atoms with E-state index in [-0.39, 0.29) is 12.2 Å². The number of Topliss-reactive ketones (excluding diaryl/α,β-unsaturated/α-hetero) is 2. The second-order valence-electron chi connectivity index (χ2n) is 3.76. The predicted octanol–water partition coefficient (Wildman–Crippen LogP) is 1.04. The van der Waals surface area contributed by atoms with E-state index in [1.54, 1.807) is 12.1 Å². The molecular formula is C12H10O3. The quantitative estimate of drug-likeness (QED) is 0.409. The normalized spacial score (nSPS) is 13.8. The Hall–Kier alpha value is -1.77. The van der Waals surface area contributed by atoms with Crippen molar-refractivity contribution in [3.8, 4) is 0 Å². The van der Waals surface area contributed by atoms with Gasteiger partial charge in [0.2, 0.25) is 5.78 Å². The predicted molar refractivity (Wildman–Crippen MR) is 54.0 cm³/mol. The molecular weight excluding hydrogens is 192 g/mol. The van der Waals surface area contributed by atoms with Gasteiger partial charge in [-0.15, -0.1) is 0 Å². The summed E-state index contributed by atoms with van der Waals surface area (Å²) >= 11 is 0. The van der Waals surface area contributed by atoms with Crippen LogP contribution in [0, 0.1) is 6.92 Å². The number of ketones is 2. The Morgan fingerprint density at radius 3 is 2.60 bits per heavy atom. The first kappa shape index (κ1) is 9.77. The lowest BCUT2D eigenvalue weighted by Crippen LogP contribution is -2.05. The van der Waals surface area contributed by atoms with Gasteiger partial charge in [-0.05, 0) is 23.6 Å². The molecule has 0 spiro atoms. The number of hydrogen-bond donors (Lipinski definition) is 0. The summed E-state index contributed by atoms with van der Waals surface area (Å²) in [6.07, 6.45) is 0.973. The van der Waals surface area contributed by atoms with E-state index >= 15 is 0 Å². The van der Waals surface area contributed by atoms with Crippen LogP contribution in [0.1, 0.15) is 27.0 Å². The van der Waals surface area contributed by atoms with E-state index in [1.807, 2.05) is 6.92 Å². The van der Waals surface area contributed by atoms with Crippen molar-refractivity contribution in [3.05, 3.63) is 34.4 Å². The van der Waals surface area contributed by atoms with Crippen molar-refractivity contribution in [2.75, 3.05) is 0 Å². The van der Waals surface area contributed by atoms with Crippen molar-refractivity contribution in [3.63, 3.8) is 0 Å². The average molecular weight is 202 g/mol. The monoisotopic (exact) mass is 202 g/mol. The maximum atomic E-state index is 11.3.